The second kappa shape index (κ2) is 13.0. The van der Waals surface area contributed by atoms with Gasteiger partial charge in [0.25, 0.3) is 15.9 Å². The van der Waals surface area contributed by atoms with Gasteiger partial charge in [-0.3, -0.25) is 30.0 Å². The zero-order chi connectivity index (χ0) is 30.3. The third-order valence-corrected chi connectivity index (χ3v) is 7.67. The predicted molar refractivity (Wildman–Crippen MR) is 159 cm³/mol. The highest BCUT2D eigenvalue weighted by molar-refractivity contribution is 7.92. The lowest BCUT2D eigenvalue weighted by Gasteiger charge is -2.14. The van der Waals surface area contributed by atoms with Crippen LogP contribution >= 0.6 is 0 Å². The van der Waals surface area contributed by atoms with Crippen LogP contribution in [0.3, 0.4) is 0 Å². The van der Waals surface area contributed by atoms with E-state index in [1.165, 1.54) is 42.9 Å². The van der Waals surface area contributed by atoms with E-state index in [0.29, 0.717) is 34.7 Å². The minimum atomic E-state index is -3.93. The van der Waals surface area contributed by atoms with E-state index in [9.17, 15) is 22.8 Å². The molecule has 0 aliphatic heterocycles. The Hall–Kier alpha value is -5.23. The lowest BCUT2D eigenvalue weighted by molar-refractivity contribution is -0.688. The summed E-state index contributed by atoms with van der Waals surface area (Å²) >= 11 is 0. The number of nitrogens with zero attached hydrogens (tertiary/aromatic N) is 1. The number of amides is 3. The summed E-state index contributed by atoms with van der Waals surface area (Å²) in [6, 6.07) is 21.9. The van der Waals surface area contributed by atoms with Crippen LogP contribution < -0.4 is 30.8 Å². The molecule has 5 N–H and O–H groups in total. The van der Waals surface area contributed by atoms with Crippen LogP contribution in [0.15, 0.2) is 96.2 Å². The molecule has 42 heavy (non-hydrogen) atoms. The summed E-state index contributed by atoms with van der Waals surface area (Å²) in [6.45, 7) is 4.41. The van der Waals surface area contributed by atoms with E-state index in [-0.39, 0.29) is 10.8 Å². The average molecular weight is 588 g/mol. The summed E-state index contributed by atoms with van der Waals surface area (Å²) in [6.07, 6.45) is 4.01. The van der Waals surface area contributed by atoms with Crippen molar-refractivity contribution in [2.45, 2.75) is 25.3 Å². The summed E-state index contributed by atoms with van der Waals surface area (Å²) in [5.41, 5.74) is 9.36. The third-order valence-electron chi connectivity index (χ3n) is 6.29. The third kappa shape index (κ3) is 7.70. The fourth-order valence-electron chi connectivity index (χ4n) is 3.89. The van der Waals surface area contributed by atoms with Crippen molar-refractivity contribution >= 4 is 44.8 Å². The molecule has 3 amide bonds. The number of benzene rings is 3. The summed E-state index contributed by atoms with van der Waals surface area (Å²) in [7, 11) is -2.59. The van der Waals surface area contributed by atoms with Crippen LogP contribution in [-0.4, -0.2) is 33.2 Å². The van der Waals surface area contributed by atoms with Gasteiger partial charge in [-0.05, 0) is 79.6 Å². The van der Waals surface area contributed by atoms with Gasteiger partial charge in [-0.15, -0.1) is 0 Å². The van der Waals surface area contributed by atoms with Gasteiger partial charge in [0, 0.05) is 36.0 Å². The molecule has 4 rings (SSSR count). The Balaban J connectivity index is 1.35. The zero-order valence-electron chi connectivity index (χ0n) is 23.3. The number of nitrogens with one attached hydrogen (secondary N) is 5. The fraction of sp³-hybridized carbons (Fsp3) is 0.133. The second-order valence-electron chi connectivity index (χ2n) is 9.52. The van der Waals surface area contributed by atoms with Gasteiger partial charge in [-0.1, -0.05) is 12.1 Å². The minimum absolute atomic E-state index is 0.0119. The van der Waals surface area contributed by atoms with E-state index < -0.39 is 21.8 Å². The number of anilines is 3. The number of sulfonamides is 1. The van der Waals surface area contributed by atoms with Crippen molar-refractivity contribution in [3.8, 4) is 0 Å². The number of aromatic nitrogens is 1. The number of likely N-dealkylation sites (N-methyl/N-ethyl adjacent to an activating group) is 1. The maximum absolute atomic E-state index is 13.0. The van der Waals surface area contributed by atoms with E-state index >= 15 is 0 Å². The maximum atomic E-state index is 13.0. The van der Waals surface area contributed by atoms with Crippen LogP contribution in [0.2, 0.25) is 0 Å². The van der Waals surface area contributed by atoms with E-state index in [1.54, 1.807) is 31.2 Å². The van der Waals surface area contributed by atoms with Crippen LogP contribution in [-0.2, 0) is 26.2 Å². The number of hydrogen-bond donors (Lipinski definition) is 5. The van der Waals surface area contributed by atoms with Crippen molar-refractivity contribution in [3.05, 3.63) is 114 Å². The topological polar surface area (TPSA) is 149 Å². The smallest absolute Gasteiger partial charge is 0.327 e. The first kappa shape index (κ1) is 29.7. The van der Waals surface area contributed by atoms with Gasteiger partial charge in [-0.2, -0.15) is 0 Å². The molecule has 0 saturated heterocycles. The van der Waals surface area contributed by atoms with Crippen LogP contribution in [0, 0.1) is 13.8 Å². The SMILES string of the molecule is CNC(=O)C(=O)NNc1ccc(NS(=O)(=O)c2ccc(NC(=O)c3ccc(C[n+]4ccc(C)cc4)cc3)cc2)c(C)c1. The molecule has 216 valence electrons. The Morgan fingerprint density at radius 3 is 2.05 bits per heavy atom. The van der Waals surface area contributed by atoms with Gasteiger partial charge in [0.15, 0.2) is 18.9 Å². The molecule has 12 heteroatoms. The molecule has 11 nitrogen and oxygen atoms in total. The second-order valence-corrected chi connectivity index (χ2v) is 11.2. The van der Waals surface area contributed by atoms with Crippen molar-refractivity contribution in [2.24, 2.45) is 0 Å². The Morgan fingerprint density at radius 2 is 1.43 bits per heavy atom. The molecular weight excluding hydrogens is 556 g/mol. The standard InChI is InChI=1S/C30H30N6O5S/c1-20-14-16-36(17-15-20)19-22-4-6-23(7-5-22)28(37)32-24-8-11-26(12-9-24)42(40,41)35-27-13-10-25(18-21(27)2)33-34-30(39)29(38)31-3/h4-18H,19H2,1-3H3,(H4-,31,32,33,34,35,37,38,39)/p+1. The van der Waals surface area contributed by atoms with Crippen molar-refractivity contribution in [2.75, 3.05) is 22.5 Å². The highest BCUT2D eigenvalue weighted by atomic mass is 32.2. The van der Waals surface area contributed by atoms with Crippen molar-refractivity contribution in [1.29, 1.82) is 0 Å². The molecule has 1 aromatic heterocycles. The molecule has 4 aromatic rings. The van der Waals surface area contributed by atoms with Gasteiger partial charge >= 0.3 is 11.8 Å². The first-order valence-corrected chi connectivity index (χ1v) is 14.4. The van der Waals surface area contributed by atoms with Crippen molar-refractivity contribution < 1.29 is 27.4 Å². The lowest BCUT2D eigenvalue weighted by Crippen LogP contribution is -2.40. The summed E-state index contributed by atoms with van der Waals surface area (Å²) in [5, 5.41) is 4.99. The number of carbonyl (C=O) groups excluding carboxylic acids is 3. The number of hydrazine groups is 1. The number of hydrogen-bond acceptors (Lipinski definition) is 6. The number of aryl methyl sites for hydroxylation is 2. The van der Waals surface area contributed by atoms with Crippen LogP contribution in [0.1, 0.15) is 27.0 Å². The number of carbonyl (C=O) groups is 3. The predicted octanol–water partition coefficient (Wildman–Crippen LogP) is 2.88. The highest BCUT2D eigenvalue weighted by Gasteiger charge is 2.17. The molecule has 0 saturated carbocycles. The molecular formula is C30H31N6O5S+. The van der Waals surface area contributed by atoms with E-state index in [4.69, 9.17) is 0 Å². The average Bonchev–Trinajstić information content (AvgIpc) is 2.98. The first-order chi connectivity index (χ1) is 20.0. The molecule has 0 spiro atoms. The lowest BCUT2D eigenvalue weighted by atomic mass is 10.1. The minimum Gasteiger partial charge on any atom is -0.351 e. The van der Waals surface area contributed by atoms with Crippen molar-refractivity contribution in [1.82, 2.24) is 10.7 Å². The largest absolute Gasteiger partial charge is 0.351 e. The summed E-state index contributed by atoms with van der Waals surface area (Å²) < 4.78 is 30.5. The van der Waals surface area contributed by atoms with E-state index in [0.717, 1.165) is 5.56 Å². The molecule has 0 aliphatic rings. The normalized spacial score (nSPS) is 10.8. The Labute approximate surface area is 244 Å². The number of pyridine rings is 1. The monoisotopic (exact) mass is 587 g/mol. The van der Waals surface area contributed by atoms with Gasteiger partial charge in [0.1, 0.15) is 0 Å². The molecule has 3 aromatic carbocycles. The molecule has 0 bridgehead atoms. The Morgan fingerprint density at radius 1 is 0.786 bits per heavy atom. The molecule has 0 fully saturated rings. The zero-order valence-corrected chi connectivity index (χ0v) is 24.1. The van der Waals surface area contributed by atoms with Gasteiger partial charge < -0.3 is 10.6 Å². The highest BCUT2D eigenvalue weighted by Crippen LogP contribution is 2.23. The number of rotatable bonds is 9. The van der Waals surface area contributed by atoms with Crippen LogP contribution in [0.5, 0.6) is 0 Å². The molecule has 0 atom stereocenters. The van der Waals surface area contributed by atoms with Crippen LogP contribution in [0.25, 0.3) is 0 Å². The quantitative estimate of drug-likeness (QED) is 0.116. The molecule has 0 unspecified atom stereocenters. The summed E-state index contributed by atoms with van der Waals surface area (Å²) in [5.74, 6) is -1.99. The molecule has 1 heterocycles. The molecule has 0 radical (unpaired) electrons. The Bertz CT molecular complexity index is 1710. The first-order valence-electron chi connectivity index (χ1n) is 12.9. The summed E-state index contributed by atoms with van der Waals surface area (Å²) in [4.78, 5) is 35.6. The van der Waals surface area contributed by atoms with Gasteiger partial charge in [0.2, 0.25) is 0 Å². The van der Waals surface area contributed by atoms with Gasteiger partial charge in [-0.25, -0.2) is 13.0 Å². The maximum Gasteiger partial charge on any atom is 0.327 e. The Kier molecular flexibility index (Phi) is 9.18. The van der Waals surface area contributed by atoms with Crippen LogP contribution in [0.4, 0.5) is 17.1 Å². The van der Waals surface area contributed by atoms with Crippen molar-refractivity contribution in [3.63, 3.8) is 0 Å². The van der Waals surface area contributed by atoms with E-state index in [1.807, 2.05) is 43.6 Å². The fourth-order valence-corrected chi connectivity index (χ4v) is 5.02. The van der Waals surface area contributed by atoms with Gasteiger partial charge in [0.05, 0.1) is 16.3 Å². The molecule has 0 aliphatic carbocycles. The van der Waals surface area contributed by atoms with E-state index in [2.05, 4.69) is 30.8 Å².